The number of likely N-dealkylation sites (tertiary alicyclic amines) is 1. The minimum atomic E-state index is -1.04. The van der Waals surface area contributed by atoms with E-state index < -0.39 is 29.1 Å². The molecule has 0 radical (unpaired) electrons. The molecule has 1 saturated heterocycles. The highest BCUT2D eigenvalue weighted by molar-refractivity contribution is 6.13. The number of carbonyl (C=O) groups is 4. The first-order chi connectivity index (χ1) is 16.2. The van der Waals surface area contributed by atoms with Crippen LogP contribution in [-0.4, -0.2) is 53.6 Å². The Labute approximate surface area is 198 Å². The lowest BCUT2D eigenvalue weighted by molar-refractivity contribution is -0.142. The van der Waals surface area contributed by atoms with Gasteiger partial charge in [0.05, 0.1) is 23.9 Å². The maximum atomic E-state index is 13.7. The number of imide groups is 1. The number of amides is 2. The third kappa shape index (κ3) is 2.99. The van der Waals surface area contributed by atoms with Crippen LogP contribution in [0.25, 0.3) is 0 Å². The number of hydrogen-bond donors (Lipinski definition) is 1. The standard InChI is InChI=1S/C27H29NO6/c1-14-12-20(30)19-13-18-15(8-9-17-22(18)26(33)28(3)25(17)32)23(27(19,2)24(14)31)16-6-4-5-7-21(16)34-11-10-29/h4-8,12,17-19,22-23,29H,9-11,13H2,1-3H3/t17-,18+,19-,22-,23+,27+/m0/s1. The average molecular weight is 464 g/mol. The molecule has 7 nitrogen and oxygen atoms in total. The Balaban J connectivity index is 1.72. The molecule has 34 heavy (non-hydrogen) atoms. The Kier molecular flexibility index (Phi) is 5.35. The fourth-order valence-corrected chi connectivity index (χ4v) is 6.90. The summed E-state index contributed by atoms with van der Waals surface area (Å²) in [7, 11) is 1.52. The molecule has 2 amide bonds. The number of aliphatic hydroxyl groups is 1. The lowest BCUT2D eigenvalue weighted by Crippen LogP contribution is -2.54. The van der Waals surface area contributed by atoms with Crippen molar-refractivity contribution in [3.63, 3.8) is 0 Å². The van der Waals surface area contributed by atoms with Gasteiger partial charge in [0.25, 0.3) is 0 Å². The maximum absolute atomic E-state index is 13.7. The van der Waals surface area contributed by atoms with Crippen LogP contribution < -0.4 is 4.74 Å². The second-order valence-electron chi connectivity index (χ2n) is 10.1. The number of carbonyl (C=O) groups excluding carboxylic acids is 4. The SMILES string of the molecule is CC1=CC(=O)[C@@H]2C[C@@H]3C(=CC[C@@H]4C(=O)N(C)C(=O)[C@@H]43)[C@H](c3ccccc3OCCO)[C@]2(C)C1=O. The van der Waals surface area contributed by atoms with Gasteiger partial charge in [-0.25, -0.2) is 0 Å². The summed E-state index contributed by atoms with van der Waals surface area (Å²) < 4.78 is 5.86. The summed E-state index contributed by atoms with van der Waals surface area (Å²) in [6, 6.07) is 7.39. The number of rotatable bonds is 4. The third-order valence-electron chi connectivity index (χ3n) is 8.44. The molecule has 0 aromatic heterocycles. The van der Waals surface area contributed by atoms with Crippen molar-refractivity contribution < 1.29 is 29.0 Å². The average Bonchev–Trinajstić information content (AvgIpc) is 3.05. The molecule has 1 aromatic rings. The molecule has 0 bridgehead atoms. The van der Waals surface area contributed by atoms with Crippen molar-refractivity contribution in [1.82, 2.24) is 4.90 Å². The van der Waals surface area contributed by atoms with Crippen LogP contribution in [0.15, 0.2) is 47.6 Å². The van der Waals surface area contributed by atoms with Crippen molar-refractivity contribution in [2.45, 2.75) is 32.6 Å². The van der Waals surface area contributed by atoms with Gasteiger partial charge in [0, 0.05) is 24.4 Å². The summed E-state index contributed by atoms with van der Waals surface area (Å²) in [6.45, 7) is 3.48. The zero-order chi connectivity index (χ0) is 24.4. The van der Waals surface area contributed by atoms with E-state index in [0.29, 0.717) is 24.2 Å². The first kappa shape index (κ1) is 22.7. The number of aliphatic hydroxyl groups excluding tert-OH is 1. The number of hydrogen-bond acceptors (Lipinski definition) is 6. The van der Waals surface area contributed by atoms with E-state index in [9.17, 15) is 24.3 Å². The van der Waals surface area contributed by atoms with Gasteiger partial charge in [-0.1, -0.05) is 36.8 Å². The molecule has 1 N–H and O–H groups in total. The molecule has 3 aliphatic carbocycles. The lowest BCUT2D eigenvalue weighted by atomic mass is 9.47. The quantitative estimate of drug-likeness (QED) is 0.544. The fraction of sp³-hybridized carbons (Fsp3) is 0.481. The smallest absolute Gasteiger partial charge is 0.233 e. The normalized spacial score (nSPS) is 34.8. The number of ketones is 2. The van der Waals surface area contributed by atoms with Crippen LogP contribution in [-0.2, 0) is 19.2 Å². The van der Waals surface area contributed by atoms with Crippen LogP contribution >= 0.6 is 0 Å². The van der Waals surface area contributed by atoms with E-state index in [0.717, 1.165) is 11.1 Å². The van der Waals surface area contributed by atoms with Gasteiger partial charge in [0.1, 0.15) is 12.4 Å². The van der Waals surface area contributed by atoms with Gasteiger partial charge < -0.3 is 9.84 Å². The minimum Gasteiger partial charge on any atom is -0.491 e. The summed E-state index contributed by atoms with van der Waals surface area (Å²) in [5.41, 5.74) is 1.09. The molecule has 1 heterocycles. The predicted molar refractivity (Wildman–Crippen MR) is 123 cm³/mol. The number of ether oxygens (including phenoxy) is 1. The Morgan fingerprint density at radius 3 is 2.59 bits per heavy atom. The summed E-state index contributed by atoms with van der Waals surface area (Å²) in [4.78, 5) is 54.2. The number of allylic oxidation sites excluding steroid dienone is 4. The lowest BCUT2D eigenvalue weighted by Gasteiger charge is -2.53. The molecule has 1 aliphatic heterocycles. The highest BCUT2D eigenvalue weighted by atomic mass is 16.5. The van der Waals surface area contributed by atoms with Gasteiger partial charge in [-0.3, -0.25) is 24.1 Å². The molecule has 0 spiro atoms. The number of benzene rings is 1. The Bertz CT molecular complexity index is 1170. The first-order valence-electron chi connectivity index (χ1n) is 11.8. The summed E-state index contributed by atoms with van der Waals surface area (Å²) in [5, 5.41) is 9.33. The van der Waals surface area contributed by atoms with E-state index in [1.54, 1.807) is 13.0 Å². The van der Waals surface area contributed by atoms with E-state index in [-0.39, 0.29) is 42.5 Å². The van der Waals surface area contributed by atoms with Crippen LogP contribution in [0.2, 0.25) is 0 Å². The summed E-state index contributed by atoms with van der Waals surface area (Å²) >= 11 is 0. The zero-order valence-electron chi connectivity index (χ0n) is 19.6. The van der Waals surface area contributed by atoms with Gasteiger partial charge in [0.15, 0.2) is 11.6 Å². The number of para-hydroxylation sites is 1. The van der Waals surface area contributed by atoms with Gasteiger partial charge in [0.2, 0.25) is 11.8 Å². The number of fused-ring (bicyclic) bond motifs is 4. The predicted octanol–water partition coefficient (Wildman–Crippen LogP) is 2.44. The van der Waals surface area contributed by atoms with Crippen LogP contribution in [0.3, 0.4) is 0 Å². The Morgan fingerprint density at radius 1 is 1.12 bits per heavy atom. The topological polar surface area (TPSA) is 101 Å². The highest BCUT2D eigenvalue weighted by Crippen LogP contribution is 2.63. The monoisotopic (exact) mass is 463 g/mol. The van der Waals surface area contributed by atoms with E-state index in [2.05, 4.69) is 0 Å². The van der Waals surface area contributed by atoms with Crippen LogP contribution in [0, 0.1) is 29.1 Å². The van der Waals surface area contributed by atoms with Gasteiger partial charge in [-0.15, -0.1) is 0 Å². The molecular formula is C27H29NO6. The second-order valence-corrected chi connectivity index (χ2v) is 10.1. The summed E-state index contributed by atoms with van der Waals surface area (Å²) in [6.07, 6.45) is 4.25. The van der Waals surface area contributed by atoms with Crippen molar-refractivity contribution in [2.24, 2.45) is 29.1 Å². The van der Waals surface area contributed by atoms with E-state index in [1.165, 1.54) is 18.0 Å². The molecule has 5 rings (SSSR count). The van der Waals surface area contributed by atoms with Crippen LogP contribution in [0.1, 0.15) is 38.2 Å². The molecule has 7 heteroatoms. The van der Waals surface area contributed by atoms with E-state index in [4.69, 9.17) is 4.74 Å². The molecule has 1 saturated carbocycles. The third-order valence-corrected chi connectivity index (χ3v) is 8.44. The van der Waals surface area contributed by atoms with Crippen molar-refractivity contribution in [3.05, 3.63) is 53.1 Å². The first-order valence-corrected chi connectivity index (χ1v) is 11.8. The van der Waals surface area contributed by atoms with Gasteiger partial charge in [-0.05, 0) is 43.4 Å². The van der Waals surface area contributed by atoms with E-state index in [1.807, 2.05) is 31.2 Å². The van der Waals surface area contributed by atoms with Crippen LogP contribution in [0.4, 0.5) is 0 Å². The van der Waals surface area contributed by atoms with Crippen molar-refractivity contribution in [2.75, 3.05) is 20.3 Å². The molecule has 6 atom stereocenters. The Morgan fingerprint density at radius 2 is 1.85 bits per heavy atom. The largest absolute Gasteiger partial charge is 0.491 e. The fourth-order valence-electron chi connectivity index (χ4n) is 6.90. The molecule has 0 unspecified atom stereocenters. The molecule has 4 aliphatic rings. The molecule has 1 aromatic carbocycles. The van der Waals surface area contributed by atoms with Gasteiger partial charge >= 0.3 is 0 Å². The Hall–Kier alpha value is -3.06. The maximum Gasteiger partial charge on any atom is 0.233 e. The molecule has 2 fully saturated rings. The van der Waals surface area contributed by atoms with E-state index >= 15 is 0 Å². The summed E-state index contributed by atoms with van der Waals surface area (Å²) in [5.74, 6) is -2.37. The zero-order valence-corrected chi connectivity index (χ0v) is 19.6. The highest BCUT2D eigenvalue weighted by Gasteiger charge is 2.63. The minimum absolute atomic E-state index is 0.0773. The molecule has 178 valence electrons. The van der Waals surface area contributed by atoms with Crippen molar-refractivity contribution >= 4 is 23.4 Å². The number of Topliss-reactive ketones (excluding diaryl/α,β-unsaturated/α-hetero) is 1. The van der Waals surface area contributed by atoms with Crippen molar-refractivity contribution in [3.8, 4) is 5.75 Å². The van der Waals surface area contributed by atoms with Crippen molar-refractivity contribution in [1.29, 1.82) is 0 Å². The number of nitrogens with zero attached hydrogens (tertiary/aromatic N) is 1. The van der Waals surface area contributed by atoms with Crippen LogP contribution in [0.5, 0.6) is 5.75 Å². The second kappa shape index (κ2) is 8.01. The van der Waals surface area contributed by atoms with Gasteiger partial charge in [-0.2, -0.15) is 0 Å². The molecular weight excluding hydrogens is 434 g/mol.